The number of ether oxygens (including phenoxy) is 4. The van der Waals surface area contributed by atoms with E-state index >= 15 is 0 Å². The third-order valence-corrected chi connectivity index (χ3v) is 6.64. The number of carbonyl (C=O) groups excluding carboxylic acids is 1. The van der Waals surface area contributed by atoms with Gasteiger partial charge in [-0.05, 0) is 55.3 Å². The van der Waals surface area contributed by atoms with Crippen LogP contribution in [0, 0.1) is 0 Å². The zero-order valence-corrected chi connectivity index (χ0v) is 21.0. The van der Waals surface area contributed by atoms with Crippen LogP contribution in [0.15, 0.2) is 63.5 Å². The largest absolute Gasteiger partial charge is 0.497 e. The van der Waals surface area contributed by atoms with E-state index in [2.05, 4.69) is 4.99 Å². The second-order valence-corrected chi connectivity index (χ2v) is 8.70. The second kappa shape index (κ2) is 10.2. The summed E-state index contributed by atoms with van der Waals surface area (Å²) < 4.78 is 23.3. The zero-order chi connectivity index (χ0) is 25.1. The molecular formula is C26H26N2O6S. The summed E-state index contributed by atoms with van der Waals surface area (Å²) in [7, 11) is 4.71. The Hall–Kier alpha value is -3.85. The van der Waals surface area contributed by atoms with Crippen molar-refractivity contribution in [1.82, 2.24) is 4.57 Å². The highest BCUT2D eigenvalue weighted by molar-refractivity contribution is 7.07. The molecule has 3 aromatic rings. The normalized spacial score (nSPS) is 15.3. The maximum Gasteiger partial charge on any atom is 0.338 e. The average molecular weight is 495 g/mol. The van der Waals surface area contributed by atoms with Crippen LogP contribution in [0.4, 0.5) is 0 Å². The lowest BCUT2D eigenvalue weighted by molar-refractivity contribution is -0.139. The summed E-state index contributed by atoms with van der Waals surface area (Å²) >= 11 is 1.26. The van der Waals surface area contributed by atoms with E-state index in [-0.39, 0.29) is 12.2 Å². The molecule has 2 aromatic carbocycles. The molecule has 35 heavy (non-hydrogen) atoms. The number of nitrogens with zero attached hydrogens (tertiary/aromatic N) is 2. The Morgan fingerprint density at radius 1 is 1.06 bits per heavy atom. The van der Waals surface area contributed by atoms with Crippen LogP contribution in [0.3, 0.4) is 0 Å². The Bertz CT molecular complexity index is 1470. The number of carbonyl (C=O) groups is 1. The molecule has 1 atom stereocenters. The highest BCUT2D eigenvalue weighted by Gasteiger charge is 2.33. The van der Waals surface area contributed by atoms with Gasteiger partial charge >= 0.3 is 5.97 Å². The highest BCUT2D eigenvalue weighted by atomic mass is 32.1. The number of fused-ring (bicyclic) bond motifs is 1. The van der Waals surface area contributed by atoms with Gasteiger partial charge in [0.05, 0.1) is 49.8 Å². The maximum atomic E-state index is 13.7. The van der Waals surface area contributed by atoms with Gasteiger partial charge in [0, 0.05) is 0 Å². The Morgan fingerprint density at radius 3 is 2.40 bits per heavy atom. The first-order chi connectivity index (χ1) is 16.9. The number of hydrogen-bond acceptors (Lipinski definition) is 8. The van der Waals surface area contributed by atoms with Crippen LogP contribution in [-0.4, -0.2) is 38.5 Å². The number of benzene rings is 2. The SMILES string of the molecule is CCOC(=O)C1=C(C)N=c2s/c(=C/c3ccc(OC)c(OC)c3)c(=O)n2[C@H]1c1ccc(OC)cc1. The average Bonchev–Trinajstić information content (AvgIpc) is 3.17. The van der Waals surface area contributed by atoms with Crippen LogP contribution >= 0.6 is 11.3 Å². The molecule has 0 saturated carbocycles. The van der Waals surface area contributed by atoms with E-state index < -0.39 is 12.0 Å². The molecule has 8 nitrogen and oxygen atoms in total. The van der Waals surface area contributed by atoms with E-state index in [0.29, 0.717) is 37.9 Å². The molecule has 0 amide bonds. The molecule has 0 fully saturated rings. The number of hydrogen-bond donors (Lipinski definition) is 0. The third kappa shape index (κ3) is 4.59. The van der Waals surface area contributed by atoms with Gasteiger partial charge in [0.2, 0.25) is 0 Å². The Labute approximate surface area is 206 Å². The summed E-state index contributed by atoms with van der Waals surface area (Å²) in [5.41, 5.74) is 2.13. The number of methoxy groups -OCH3 is 3. The first-order valence-electron chi connectivity index (χ1n) is 11.0. The van der Waals surface area contributed by atoms with Gasteiger partial charge in [-0.15, -0.1) is 0 Å². The topological polar surface area (TPSA) is 88.4 Å². The zero-order valence-electron chi connectivity index (χ0n) is 20.2. The van der Waals surface area contributed by atoms with Gasteiger partial charge in [0.25, 0.3) is 5.56 Å². The number of thiazole rings is 1. The monoisotopic (exact) mass is 494 g/mol. The summed E-state index contributed by atoms with van der Waals surface area (Å²) in [5.74, 6) is 1.34. The third-order valence-electron chi connectivity index (χ3n) is 5.65. The van der Waals surface area contributed by atoms with Gasteiger partial charge in [0.1, 0.15) is 5.75 Å². The van der Waals surface area contributed by atoms with Gasteiger partial charge in [-0.25, -0.2) is 9.79 Å². The van der Waals surface area contributed by atoms with E-state index in [1.807, 2.05) is 18.2 Å². The number of esters is 1. The van der Waals surface area contributed by atoms with Gasteiger partial charge < -0.3 is 18.9 Å². The van der Waals surface area contributed by atoms with Crippen LogP contribution < -0.4 is 29.1 Å². The lowest BCUT2D eigenvalue weighted by Gasteiger charge is -2.24. The van der Waals surface area contributed by atoms with E-state index in [4.69, 9.17) is 18.9 Å². The first kappa shape index (κ1) is 24.3. The molecular weight excluding hydrogens is 468 g/mol. The molecule has 0 saturated heterocycles. The molecule has 1 aromatic heterocycles. The fourth-order valence-electron chi connectivity index (χ4n) is 3.99. The summed E-state index contributed by atoms with van der Waals surface area (Å²) in [6.07, 6.45) is 1.78. The van der Waals surface area contributed by atoms with Gasteiger partial charge in [-0.3, -0.25) is 9.36 Å². The fourth-order valence-corrected chi connectivity index (χ4v) is 5.03. The van der Waals surface area contributed by atoms with Gasteiger partial charge in [-0.1, -0.05) is 29.5 Å². The van der Waals surface area contributed by atoms with Crippen molar-refractivity contribution in [3.63, 3.8) is 0 Å². The lowest BCUT2D eigenvalue weighted by Crippen LogP contribution is -2.39. The second-order valence-electron chi connectivity index (χ2n) is 7.69. The molecule has 0 unspecified atom stereocenters. The van der Waals surface area contributed by atoms with Crippen molar-refractivity contribution in [1.29, 1.82) is 0 Å². The molecule has 4 rings (SSSR count). The van der Waals surface area contributed by atoms with Crippen molar-refractivity contribution in [2.24, 2.45) is 4.99 Å². The predicted octanol–water partition coefficient (Wildman–Crippen LogP) is 2.82. The quantitative estimate of drug-likeness (QED) is 0.470. The first-order valence-corrected chi connectivity index (χ1v) is 11.8. The van der Waals surface area contributed by atoms with E-state index in [1.165, 1.54) is 11.3 Å². The minimum Gasteiger partial charge on any atom is -0.497 e. The van der Waals surface area contributed by atoms with Crippen molar-refractivity contribution in [3.8, 4) is 17.2 Å². The molecule has 0 aliphatic carbocycles. The number of allylic oxidation sites excluding steroid dienone is 1. The molecule has 0 spiro atoms. The number of aromatic nitrogens is 1. The van der Waals surface area contributed by atoms with E-state index in [9.17, 15) is 9.59 Å². The van der Waals surface area contributed by atoms with E-state index in [0.717, 1.165) is 11.1 Å². The predicted molar refractivity (Wildman–Crippen MR) is 133 cm³/mol. The molecule has 0 N–H and O–H groups in total. The molecule has 0 bridgehead atoms. The molecule has 182 valence electrons. The van der Waals surface area contributed by atoms with Crippen molar-refractivity contribution in [2.45, 2.75) is 19.9 Å². The molecule has 0 radical (unpaired) electrons. The minimum absolute atomic E-state index is 0.217. The van der Waals surface area contributed by atoms with Crippen molar-refractivity contribution < 1.29 is 23.7 Å². The Morgan fingerprint density at radius 2 is 1.77 bits per heavy atom. The molecule has 1 aliphatic rings. The fraction of sp³-hybridized carbons (Fsp3) is 0.269. The standard InChI is InChI=1S/C26H26N2O6S/c1-6-34-25(30)22-15(2)27-26-28(23(22)17-8-10-18(31-3)11-9-17)24(29)21(35-26)14-16-7-12-19(32-4)20(13-16)33-5/h7-14,23H,6H2,1-5H3/b21-14+/t23-/m0/s1. The summed E-state index contributed by atoms with van der Waals surface area (Å²) in [6, 6.07) is 12.0. The molecule has 1 aliphatic heterocycles. The smallest absolute Gasteiger partial charge is 0.338 e. The minimum atomic E-state index is -0.677. The summed E-state index contributed by atoms with van der Waals surface area (Å²) in [6.45, 7) is 3.72. The lowest BCUT2D eigenvalue weighted by atomic mass is 9.96. The van der Waals surface area contributed by atoms with Crippen LogP contribution in [0.5, 0.6) is 17.2 Å². The van der Waals surface area contributed by atoms with Gasteiger partial charge in [0.15, 0.2) is 16.3 Å². The Balaban J connectivity index is 1.91. The highest BCUT2D eigenvalue weighted by Crippen LogP contribution is 2.32. The van der Waals surface area contributed by atoms with Crippen molar-refractivity contribution in [3.05, 3.63) is 84.5 Å². The van der Waals surface area contributed by atoms with Crippen LogP contribution in [0.25, 0.3) is 6.08 Å². The van der Waals surface area contributed by atoms with Crippen LogP contribution in [0.1, 0.15) is 31.0 Å². The summed E-state index contributed by atoms with van der Waals surface area (Å²) in [5, 5.41) is 0. The van der Waals surface area contributed by atoms with Crippen molar-refractivity contribution in [2.75, 3.05) is 27.9 Å². The summed E-state index contributed by atoms with van der Waals surface area (Å²) in [4.78, 5) is 31.7. The van der Waals surface area contributed by atoms with Crippen LogP contribution in [-0.2, 0) is 9.53 Å². The van der Waals surface area contributed by atoms with Crippen molar-refractivity contribution >= 4 is 23.4 Å². The number of rotatable bonds is 7. The molecule has 2 heterocycles. The molecule has 9 heteroatoms. The van der Waals surface area contributed by atoms with Crippen LogP contribution in [0.2, 0.25) is 0 Å². The van der Waals surface area contributed by atoms with Gasteiger partial charge in [-0.2, -0.15) is 0 Å². The van der Waals surface area contributed by atoms with E-state index in [1.54, 1.807) is 70.1 Å². The Kier molecular flexibility index (Phi) is 7.07. The maximum absolute atomic E-state index is 13.7.